The van der Waals surface area contributed by atoms with Gasteiger partial charge >= 0.3 is 0 Å². The summed E-state index contributed by atoms with van der Waals surface area (Å²) >= 11 is 0. The van der Waals surface area contributed by atoms with E-state index in [2.05, 4.69) is 5.32 Å². The van der Waals surface area contributed by atoms with E-state index in [0.29, 0.717) is 25.4 Å². The van der Waals surface area contributed by atoms with Gasteiger partial charge in [-0.2, -0.15) is 0 Å². The first-order valence-corrected chi connectivity index (χ1v) is 5.77. The number of hydrogen-bond donors (Lipinski definition) is 2. The Bertz CT molecular complexity index is 278. The lowest BCUT2D eigenvalue weighted by Gasteiger charge is -2.34. The van der Waals surface area contributed by atoms with E-state index in [-0.39, 0.29) is 11.8 Å². The molecule has 1 saturated heterocycles. The lowest BCUT2D eigenvalue weighted by Crippen LogP contribution is -2.59. The van der Waals surface area contributed by atoms with Crippen LogP contribution in [0.1, 0.15) is 27.2 Å². The number of nitrogens with two attached hydrogens (primary N) is 1. The largest absolute Gasteiger partial charge is 0.353 e. The van der Waals surface area contributed by atoms with Crippen LogP contribution in [-0.4, -0.2) is 41.9 Å². The predicted octanol–water partition coefficient (Wildman–Crippen LogP) is -0.293. The van der Waals surface area contributed by atoms with E-state index in [1.165, 1.54) is 0 Å². The second kappa shape index (κ2) is 5.30. The maximum Gasteiger partial charge on any atom is 0.242 e. The highest BCUT2D eigenvalue weighted by Gasteiger charge is 2.31. The molecule has 16 heavy (non-hydrogen) atoms. The molecule has 1 fully saturated rings. The Morgan fingerprint density at radius 1 is 1.62 bits per heavy atom. The summed E-state index contributed by atoms with van der Waals surface area (Å²) in [6.07, 6.45) is 0.656. The molecule has 2 amide bonds. The summed E-state index contributed by atoms with van der Waals surface area (Å²) in [6.45, 7) is 6.86. The zero-order valence-electron chi connectivity index (χ0n) is 10.2. The summed E-state index contributed by atoms with van der Waals surface area (Å²) in [4.78, 5) is 25.0. The van der Waals surface area contributed by atoms with Crippen LogP contribution in [0, 0.1) is 5.92 Å². The van der Waals surface area contributed by atoms with Gasteiger partial charge in [0, 0.05) is 13.1 Å². The molecule has 0 aliphatic carbocycles. The van der Waals surface area contributed by atoms with E-state index in [0.717, 1.165) is 0 Å². The van der Waals surface area contributed by atoms with Crippen LogP contribution < -0.4 is 11.1 Å². The van der Waals surface area contributed by atoms with Crippen LogP contribution in [0.2, 0.25) is 0 Å². The molecule has 0 aromatic heterocycles. The van der Waals surface area contributed by atoms with Gasteiger partial charge in [0.2, 0.25) is 11.8 Å². The van der Waals surface area contributed by atoms with Crippen LogP contribution in [0.5, 0.6) is 0 Å². The second-order valence-electron chi connectivity index (χ2n) is 4.73. The van der Waals surface area contributed by atoms with Crippen molar-refractivity contribution in [2.24, 2.45) is 11.7 Å². The molecule has 0 saturated carbocycles. The number of nitrogens with zero attached hydrogens (tertiary/aromatic N) is 1. The van der Waals surface area contributed by atoms with Crippen molar-refractivity contribution >= 4 is 11.8 Å². The molecule has 1 aliphatic rings. The number of rotatable bonds is 3. The average Bonchev–Trinajstić information content (AvgIpc) is 2.20. The third-order valence-corrected chi connectivity index (χ3v) is 2.82. The van der Waals surface area contributed by atoms with Gasteiger partial charge in [0.15, 0.2) is 0 Å². The molecular formula is C11H21N3O2. The summed E-state index contributed by atoms with van der Waals surface area (Å²) in [5.41, 5.74) is 5.83. The van der Waals surface area contributed by atoms with Crippen LogP contribution in [-0.2, 0) is 9.59 Å². The standard InChI is InChI=1S/C11H21N3O2/c1-7(2)6-9(12)11(16)14-5-4-13-10(15)8(14)3/h7-9H,4-6,12H2,1-3H3,(H,13,15)/t8?,9-/m1/s1. The Morgan fingerprint density at radius 3 is 2.81 bits per heavy atom. The molecule has 5 nitrogen and oxygen atoms in total. The Morgan fingerprint density at radius 2 is 2.25 bits per heavy atom. The van der Waals surface area contributed by atoms with Gasteiger partial charge in [-0.05, 0) is 19.3 Å². The lowest BCUT2D eigenvalue weighted by molar-refractivity contribution is -0.143. The van der Waals surface area contributed by atoms with Gasteiger partial charge in [-0.1, -0.05) is 13.8 Å². The number of carbonyl (C=O) groups is 2. The highest BCUT2D eigenvalue weighted by molar-refractivity contribution is 5.90. The van der Waals surface area contributed by atoms with Crippen LogP contribution in [0.15, 0.2) is 0 Å². The first-order valence-electron chi connectivity index (χ1n) is 5.77. The van der Waals surface area contributed by atoms with Crippen LogP contribution >= 0.6 is 0 Å². The van der Waals surface area contributed by atoms with Crippen molar-refractivity contribution in [3.8, 4) is 0 Å². The molecule has 3 N–H and O–H groups in total. The minimum Gasteiger partial charge on any atom is -0.353 e. The average molecular weight is 227 g/mol. The third-order valence-electron chi connectivity index (χ3n) is 2.82. The monoisotopic (exact) mass is 227 g/mol. The van der Waals surface area contributed by atoms with Crippen LogP contribution in [0.3, 0.4) is 0 Å². The Kier molecular flexibility index (Phi) is 4.29. The summed E-state index contributed by atoms with van der Waals surface area (Å²) in [7, 11) is 0. The van der Waals surface area contributed by atoms with E-state index < -0.39 is 12.1 Å². The predicted molar refractivity (Wildman–Crippen MR) is 61.6 cm³/mol. The van der Waals surface area contributed by atoms with Crippen LogP contribution in [0.4, 0.5) is 0 Å². The lowest BCUT2D eigenvalue weighted by atomic mass is 10.0. The van der Waals surface area contributed by atoms with E-state index in [9.17, 15) is 9.59 Å². The smallest absolute Gasteiger partial charge is 0.242 e. The number of nitrogens with one attached hydrogen (secondary N) is 1. The zero-order valence-corrected chi connectivity index (χ0v) is 10.2. The fourth-order valence-corrected chi connectivity index (χ4v) is 1.91. The molecule has 0 bridgehead atoms. The van der Waals surface area contributed by atoms with Gasteiger partial charge in [0.25, 0.3) is 0 Å². The van der Waals surface area contributed by atoms with Crippen molar-refractivity contribution in [3.63, 3.8) is 0 Å². The normalized spacial score (nSPS) is 23.2. The summed E-state index contributed by atoms with van der Waals surface area (Å²) in [6, 6.07) is -0.896. The minimum absolute atomic E-state index is 0.101. The SMILES string of the molecule is CC(C)C[C@@H](N)C(=O)N1CCNC(=O)C1C. The molecule has 0 spiro atoms. The van der Waals surface area contributed by atoms with Gasteiger partial charge < -0.3 is 16.0 Å². The molecular weight excluding hydrogens is 206 g/mol. The Labute approximate surface area is 96.4 Å². The van der Waals surface area contributed by atoms with Crippen molar-refractivity contribution in [2.45, 2.75) is 39.3 Å². The van der Waals surface area contributed by atoms with Gasteiger partial charge in [-0.3, -0.25) is 9.59 Å². The fraction of sp³-hybridized carbons (Fsp3) is 0.818. The Hall–Kier alpha value is -1.10. The maximum absolute atomic E-state index is 12.0. The molecule has 5 heteroatoms. The van der Waals surface area contributed by atoms with Crippen molar-refractivity contribution in [2.75, 3.05) is 13.1 Å². The molecule has 0 aromatic rings. The molecule has 1 unspecified atom stereocenters. The Balaban J connectivity index is 2.61. The molecule has 1 rings (SSSR count). The molecule has 0 aromatic carbocycles. The molecule has 1 aliphatic heterocycles. The highest BCUT2D eigenvalue weighted by atomic mass is 16.2. The quantitative estimate of drug-likeness (QED) is 0.695. The number of piperazine rings is 1. The van der Waals surface area contributed by atoms with E-state index in [4.69, 9.17) is 5.73 Å². The number of amides is 2. The number of carbonyl (C=O) groups excluding carboxylic acids is 2. The fourth-order valence-electron chi connectivity index (χ4n) is 1.91. The van der Waals surface area contributed by atoms with E-state index >= 15 is 0 Å². The van der Waals surface area contributed by atoms with Crippen molar-refractivity contribution in [1.29, 1.82) is 0 Å². The third kappa shape index (κ3) is 2.95. The number of hydrogen-bond acceptors (Lipinski definition) is 3. The van der Waals surface area contributed by atoms with Gasteiger partial charge in [-0.25, -0.2) is 0 Å². The summed E-state index contributed by atoms with van der Waals surface area (Å²) < 4.78 is 0. The topological polar surface area (TPSA) is 75.4 Å². The van der Waals surface area contributed by atoms with Crippen molar-refractivity contribution in [1.82, 2.24) is 10.2 Å². The van der Waals surface area contributed by atoms with Crippen LogP contribution in [0.25, 0.3) is 0 Å². The molecule has 0 radical (unpaired) electrons. The minimum atomic E-state index is -0.492. The van der Waals surface area contributed by atoms with Gasteiger partial charge in [0.1, 0.15) is 6.04 Å². The summed E-state index contributed by atoms with van der Waals surface area (Å²) in [5.74, 6) is 0.167. The first-order chi connectivity index (χ1) is 7.43. The van der Waals surface area contributed by atoms with Gasteiger partial charge in [-0.15, -0.1) is 0 Å². The second-order valence-corrected chi connectivity index (χ2v) is 4.73. The van der Waals surface area contributed by atoms with Gasteiger partial charge in [0.05, 0.1) is 6.04 Å². The van der Waals surface area contributed by atoms with E-state index in [1.807, 2.05) is 13.8 Å². The molecule has 1 heterocycles. The molecule has 2 atom stereocenters. The van der Waals surface area contributed by atoms with Crippen molar-refractivity contribution < 1.29 is 9.59 Å². The first kappa shape index (κ1) is 13.0. The highest BCUT2D eigenvalue weighted by Crippen LogP contribution is 2.10. The zero-order chi connectivity index (χ0) is 12.3. The van der Waals surface area contributed by atoms with E-state index in [1.54, 1.807) is 11.8 Å². The van der Waals surface area contributed by atoms with Crippen molar-refractivity contribution in [3.05, 3.63) is 0 Å². The molecule has 92 valence electrons. The summed E-state index contributed by atoms with van der Waals surface area (Å²) in [5, 5.41) is 2.72. The maximum atomic E-state index is 12.0.